The van der Waals surface area contributed by atoms with Crippen molar-refractivity contribution in [2.45, 2.75) is 11.8 Å². The quantitative estimate of drug-likeness (QED) is 0.427. The van der Waals surface area contributed by atoms with Crippen LogP contribution in [0.5, 0.6) is 5.75 Å². The molecule has 0 unspecified atom stereocenters. The summed E-state index contributed by atoms with van der Waals surface area (Å²) in [5.41, 5.74) is 6.13. The van der Waals surface area contributed by atoms with Crippen LogP contribution in [0.3, 0.4) is 0 Å². The molecule has 36 heavy (non-hydrogen) atoms. The van der Waals surface area contributed by atoms with Gasteiger partial charge < -0.3 is 14.4 Å². The van der Waals surface area contributed by atoms with Crippen LogP contribution < -0.4 is 15.6 Å². The largest absolute Gasteiger partial charge is 0.494 e. The number of hydrogen-bond donors (Lipinski definition) is 2. The predicted molar refractivity (Wildman–Crippen MR) is 136 cm³/mol. The molecule has 192 valence electrons. The number of sulfonamides is 1. The van der Waals surface area contributed by atoms with Gasteiger partial charge in [-0.3, -0.25) is 15.6 Å². The number of nitrogens with zero attached hydrogens (tertiary/aromatic N) is 3. The highest BCUT2D eigenvalue weighted by atomic mass is 35.5. The summed E-state index contributed by atoms with van der Waals surface area (Å²) in [6.07, 6.45) is -0.452. The summed E-state index contributed by atoms with van der Waals surface area (Å²) in [5.74, 6) is 0.0865. The molecular formula is C22H24ClN5O6S2. The van der Waals surface area contributed by atoms with Crippen molar-refractivity contribution < 1.29 is 27.5 Å². The van der Waals surface area contributed by atoms with E-state index in [1.165, 1.54) is 51.9 Å². The molecule has 1 aliphatic rings. The molecule has 2 amide bonds. The number of hydrogen-bond acceptors (Lipinski definition) is 9. The van der Waals surface area contributed by atoms with Gasteiger partial charge in [-0.1, -0.05) is 22.9 Å². The number of carbonyl (C=O) groups is 2. The summed E-state index contributed by atoms with van der Waals surface area (Å²) in [6.45, 7) is 2.78. The molecule has 1 fully saturated rings. The standard InChI is InChI=1S/C22H24ClN5O6S2/c1-3-34-22(30)27-10-12-28(13-11-27)36(31,32)15-6-4-14(5-7-15)20(29)25-26-21-24-18-17(33-2)9-8-16(23)19(18)35-21/h4-9H,3,10-13H2,1-2H3,(H,24,26)(H,25,29). The number of halogens is 1. The minimum Gasteiger partial charge on any atom is -0.494 e. The molecule has 1 aliphatic heterocycles. The Morgan fingerprint density at radius 2 is 1.81 bits per heavy atom. The molecule has 2 heterocycles. The molecule has 4 rings (SSSR count). The minimum absolute atomic E-state index is 0.0597. The molecule has 0 bridgehead atoms. The first kappa shape index (κ1) is 25.9. The van der Waals surface area contributed by atoms with Crippen LogP contribution in [-0.4, -0.2) is 74.5 Å². The lowest BCUT2D eigenvalue weighted by atomic mass is 10.2. The number of amides is 2. The Morgan fingerprint density at radius 3 is 2.44 bits per heavy atom. The Morgan fingerprint density at radius 1 is 1.11 bits per heavy atom. The van der Waals surface area contributed by atoms with Gasteiger partial charge in [-0.15, -0.1) is 0 Å². The molecule has 14 heteroatoms. The van der Waals surface area contributed by atoms with Crippen LogP contribution >= 0.6 is 22.9 Å². The van der Waals surface area contributed by atoms with E-state index in [1.54, 1.807) is 19.1 Å². The molecule has 2 N–H and O–H groups in total. The third-order valence-electron chi connectivity index (χ3n) is 5.48. The summed E-state index contributed by atoms with van der Waals surface area (Å²) in [5, 5.41) is 0.924. The van der Waals surface area contributed by atoms with E-state index in [-0.39, 0.29) is 43.2 Å². The highest BCUT2D eigenvalue weighted by Crippen LogP contribution is 2.37. The number of rotatable bonds is 7. The van der Waals surface area contributed by atoms with Gasteiger partial charge in [-0.25, -0.2) is 18.2 Å². The fourth-order valence-electron chi connectivity index (χ4n) is 3.61. The summed E-state index contributed by atoms with van der Waals surface area (Å²) in [4.78, 5) is 30.4. The van der Waals surface area contributed by atoms with Crippen molar-refractivity contribution >= 4 is 60.3 Å². The van der Waals surface area contributed by atoms with Crippen LogP contribution in [0.1, 0.15) is 17.3 Å². The van der Waals surface area contributed by atoms with Gasteiger partial charge >= 0.3 is 6.09 Å². The van der Waals surface area contributed by atoms with E-state index in [1.807, 2.05) is 0 Å². The number of ether oxygens (including phenoxy) is 2. The lowest BCUT2D eigenvalue weighted by Crippen LogP contribution is -2.50. The maximum Gasteiger partial charge on any atom is 0.409 e. The lowest BCUT2D eigenvalue weighted by Gasteiger charge is -2.33. The van der Waals surface area contributed by atoms with E-state index in [2.05, 4.69) is 15.8 Å². The minimum atomic E-state index is -3.77. The van der Waals surface area contributed by atoms with E-state index >= 15 is 0 Å². The molecule has 3 aromatic rings. The van der Waals surface area contributed by atoms with Crippen molar-refractivity contribution in [1.82, 2.24) is 19.6 Å². The molecule has 0 radical (unpaired) electrons. The van der Waals surface area contributed by atoms with E-state index in [9.17, 15) is 18.0 Å². The Labute approximate surface area is 217 Å². The monoisotopic (exact) mass is 553 g/mol. The summed E-state index contributed by atoms with van der Waals surface area (Å²) in [6, 6.07) is 9.03. The maximum atomic E-state index is 13.0. The number of nitrogens with one attached hydrogen (secondary N) is 2. The fraction of sp³-hybridized carbons (Fsp3) is 0.318. The number of anilines is 1. The molecule has 0 saturated carbocycles. The zero-order valence-electron chi connectivity index (χ0n) is 19.5. The summed E-state index contributed by atoms with van der Waals surface area (Å²) in [7, 11) is -2.24. The zero-order chi connectivity index (χ0) is 25.9. The summed E-state index contributed by atoms with van der Waals surface area (Å²) >= 11 is 7.47. The Balaban J connectivity index is 1.38. The third kappa shape index (κ3) is 5.33. The molecule has 1 saturated heterocycles. The number of piperazine rings is 1. The average molecular weight is 554 g/mol. The van der Waals surface area contributed by atoms with Crippen LogP contribution in [-0.2, 0) is 14.8 Å². The highest BCUT2D eigenvalue weighted by molar-refractivity contribution is 7.89. The van der Waals surface area contributed by atoms with E-state index < -0.39 is 22.0 Å². The third-order valence-corrected chi connectivity index (χ3v) is 8.82. The van der Waals surface area contributed by atoms with Crippen molar-refractivity contribution in [3.63, 3.8) is 0 Å². The van der Waals surface area contributed by atoms with Gasteiger partial charge in [0.25, 0.3) is 5.91 Å². The van der Waals surface area contributed by atoms with Crippen LogP contribution in [0, 0.1) is 0 Å². The van der Waals surface area contributed by atoms with Crippen molar-refractivity contribution in [1.29, 1.82) is 0 Å². The molecule has 0 atom stereocenters. The highest BCUT2D eigenvalue weighted by Gasteiger charge is 2.30. The maximum absolute atomic E-state index is 13.0. The fourth-order valence-corrected chi connectivity index (χ4v) is 6.14. The van der Waals surface area contributed by atoms with E-state index in [0.29, 0.717) is 26.1 Å². The Bertz CT molecular complexity index is 1370. The topological polar surface area (TPSA) is 130 Å². The van der Waals surface area contributed by atoms with Gasteiger partial charge in [0, 0.05) is 31.7 Å². The van der Waals surface area contributed by atoms with Gasteiger partial charge in [-0.05, 0) is 43.3 Å². The Hall–Kier alpha value is -3.13. The SMILES string of the molecule is CCOC(=O)N1CCN(S(=O)(=O)c2ccc(C(=O)NNc3nc4c(OC)ccc(Cl)c4s3)cc2)CC1. The molecule has 0 spiro atoms. The van der Waals surface area contributed by atoms with Gasteiger partial charge in [0.15, 0.2) is 0 Å². The second-order valence-electron chi connectivity index (χ2n) is 7.64. The van der Waals surface area contributed by atoms with E-state index in [0.717, 1.165) is 0 Å². The van der Waals surface area contributed by atoms with Crippen LogP contribution in [0.15, 0.2) is 41.3 Å². The number of fused-ring (bicyclic) bond motifs is 1. The predicted octanol–water partition coefficient (Wildman–Crippen LogP) is 3.18. The van der Waals surface area contributed by atoms with Crippen LogP contribution in [0.2, 0.25) is 5.02 Å². The van der Waals surface area contributed by atoms with Gasteiger partial charge in [0.1, 0.15) is 11.3 Å². The second-order valence-corrected chi connectivity index (χ2v) is 11.0. The first-order chi connectivity index (χ1) is 17.2. The van der Waals surface area contributed by atoms with Gasteiger partial charge in [0.05, 0.1) is 28.3 Å². The van der Waals surface area contributed by atoms with Crippen LogP contribution in [0.4, 0.5) is 9.93 Å². The summed E-state index contributed by atoms with van der Waals surface area (Å²) < 4.78 is 38.3. The number of hydrazine groups is 1. The molecule has 2 aromatic carbocycles. The first-order valence-electron chi connectivity index (χ1n) is 11.0. The van der Waals surface area contributed by atoms with Gasteiger partial charge in [0.2, 0.25) is 15.2 Å². The van der Waals surface area contributed by atoms with Crippen molar-refractivity contribution in [2.24, 2.45) is 0 Å². The normalized spacial score (nSPS) is 14.5. The molecule has 11 nitrogen and oxygen atoms in total. The molecule has 0 aliphatic carbocycles. The average Bonchev–Trinajstić information content (AvgIpc) is 3.33. The number of methoxy groups -OCH3 is 1. The second kappa shape index (κ2) is 10.9. The smallest absolute Gasteiger partial charge is 0.409 e. The number of thiazole rings is 1. The number of benzene rings is 2. The lowest BCUT2D eigenvalue weighted by molar-refractivity contribution is 0.0933. The molecular weight excluding hydrogens is 530 g/mol. The van der Waals surface area contributed by atoms with E-state index in [4.69, 9.17) is 21.1 Å². The zero-order valence-corrected chi connectivity index (χ0v) is 21.9. The Kier molecular flexibility index (Phi) is 7.83. The van der Waals surface area contributed by atoms with Crippen molar-refractivity contribution in [2.75, 3.05) is 45.3 Å². The number of aromatic nitrogens is 1. The first-order valence-corrected chi connectivity index (χ1v) is 13.6. The van der Waals surface area contributed by atoms with Gasteiger partial charge in [-0.2, -0.15) is 4.31 Å². The van der Waals surface area contributed by atoms with Crippen molar-refractivity contribution in [3.05, 3.63) is 47.0 Å². The van der Waals surface area contributed by atoms with Crippen molar-refractivity contribution in [3.8, 4) is 5.75 Å². The van der Waals surface area contributed by atoms with Crippen LogP contribution in [0.25, 0.3) is 10.2 Å². The number of carbonyl (C=O) groups excluding carboxylic acids is 2. The molecule has 1 aromatic heterocycles.